The summed E-state index contributed by atoms with van der Waals surface area (Å²) in [4.78, 5) is 15.9. The second-order valence-electron chi connectivity index (χ2n) is 9.95. The van der Waals surface area contributed by atoms with Crippen LogP contribution in [0.4, 0.5) is 0 Å². The summed E-state index contributed by atoms with van der Waals surface area (Å²) in [5, 5.41) is 14.7. The van der Waals surface area contributed by atoms with Gasteiger partial charge in [-0.05, 0) is 75.6 Å². The van der Waals surface area contributed by atoms with Crippen molar-refractivity contribution in [3.05, 3.63) is 35.5 Å². The Morgan fingerprint density at radius 2 is 2.03 bits per heavy atom. The van der Waals surface area contributed by atoms with Gasteiger partial charge in [0.05, 0.1) is 12.0 Å². The molecule has 5 nitrogen and oxygen atoms in total. The Morgan fingerprint density at radius 1 is 1.16 bits per heavy atom. The van der Waals surface area contributed by atoms with Gasteiger partial charge in [-0.1, -0.05) is 19.1 Å². The van der Waals surface area contributed by atoms with E-state index in [-0.39, 0.29) is 24.0 Å². The molecule has 2 aromatic rings. The van der Waals surface area contributed by atoms with E-state index < -0.39 is 0 Å². The van der Waals surface area contributed by atoms with Crippen molar-refractivity contribution in [1.82, 2.24) is 14.8 Å². The Bertz CT molecular complexity index is 952. The topological polar surface area (TPSA) is 57.5 Å². The number of aryl methyl sites for hydroxylation is 1. The normalized spacial score (nSPS) is 31.3. The number of aromatic nitrogens is 1. The number of carbonyl (C=O) groups is 1. The van der Waals surface area contributed by atoms with Gasteiger partial charge < -0.3 is 15.0 Å². The lowest BCUT2D eigenvalue weighted by molar-refractivity contribution is -0.128. The molecule has 1 saturated heterocycles. The van der Waals surface area contributed by atoms with E-state index in [4.69, 9.17) is 0 Å². The van der Waals surface area contributed by atoms with Crippen LogP contribution in [0, 0.1) is 5.92 Å². The van der Waals surface area contributed by atoms with E-state index >= 15 is 0 Å². The van der Waals surface area contributed by atoms with Gasteiger partial charge >= 0.3 is 0 Å². The van der Waals surface area contributed by atoms with E-state index in [1.165, 1.54) is 22.0 Å². The number of hydrogen-bond acceptors (Lipinski definition) is 3. The van der Waals surface area contributed by atoms with Crippen molar-refractivity contribution in [3.8, 4) is 0 Å². The van der Waals surface area contributed by atoms with Crippen LogP contribution in [0.2, 0.25) is 0 Å². The number of hydrogen-bond donors (Lipinski definition) is 2. The summed E-state index contributed by atoms with van der Waals surface area (Å²) in [7, 11) is 0. The molecule has 168 valence electrons. The van der Waals surface area contributed by atoms with Gasteiger partial charge in [0.15, 0.2) is 0 Å². The molecule has 2 heterocycles. The molecule has 5 rings (SSSR count). The average molecular weight is 424 g/mol. The third-order valence-corrected chi connectivity index (χ3v) is 8.17. The van der Waals surface area contributed by atoms with Crippen LogP contribution in [0.15, 0.2) is 24.4 Å². The lowest BCUT2D eigenvalue weighted by atomic mass is 9.72. The summed E-state index contributed by atoms with van der Waals surface area (Å²) in [5.41, 5.74) is 4.27. The van der Waals surface area contributed by atoms with Gasteiger partial charge in [-0.2, -0.15) is 0 Å². The standard InChI is InChI=1S/C26H37N3O2/c1-3-28-15-17-14-24-22(21-9-6-10-23(28)25(17)21)13-18(16-29(24)4-2)26(31)27-19-7-5-8-20(30)12-11-19/h6,9-10,15,18-20,22,24,30H,3-5,7-8,11-14,16H2,1-2H3,(H,27,31)/t18-,19?,20?,22+,24-/m1/s1. The van der Waals surface area contributed by atoms with Crippen molar-refractivity contribution < 1.29 is 9.90 Å². The number of fused-ring (bicyclic) bond motifs is 2. The first-order valence-corrected chi connectivity index (χ1v) is 12.4. The average Bonchev–Trinajstić information content (AvgIpc) is 3.02. The fourth-order valence-corrected chi connectivity index (χ4v) is 6.54. The van der Waals surface area contributed by atoms with E-state index in [2.05, 4.69) is 53.0 Å². The van der Waals surface area contributed by atoms with Gasteiger partial charge in [0.2, 0.25) is 5.91 Å². The van der Waals surface area contributed by atoms with Crippen molar-refractivity contribution in [2.75, 3.05) is 13.1 Å². The summed E-state index contributed by atoms with van der Waals surface area (Å²) in [6.45, 7) is 7.29. The molecule has 2 aliphatic carbocycles. The zero-order valence-corrected chi connectivity index (χ0v) is 19.0. The van der Waals surface area contributed by atoms with Gasteiger partial charge in [0.25, 0.3) is 0 Å². The molecule has 2 unspecified atom stereocenters. The van der Waals surface area contributed by atoms with Gasteiger partial charge in [0, 0.05) is 48.2 Å². The largest absolute Gasteiger partial charge is 0.393 e. The number of nitrogens with one attached hydrogen (secondary N) is 1. The van der Waals surface area contributed by atoms with Crippen molar-refractivity contribution in [2.45, 2.75) is 89.4 Å². The van der Waals surface area contributed by atoms with E-state index in [1.54, 1.807) is 0 Å². The fourth-order valence-electron chi connectivity index (χ4n) is 6.54. The van der Waals surface area contributed by atoms with Crippen molar-refractivity contribution >= 4 is 16.8 Å². The van der Waals surface area contributed by atoms with E-state index in [9.17, 15) is 9.90 Å². The number of rotatable bonds is 4. The molecule has 2 fully saturated rings. The maximum Gasteiger partial charge on any atom is 0.224 e. The molecule has 3 aliphatic rings. The van der Waals surface area contributed by atoms with Gasteiger partial charge in [-0.15, -0.1) is 0 Å². The van der Waals surface area contributed by atoms with E-state index in [0.29, 0.717) is 12.0 Å². The minimum Gasteiger partial charge on any atom is -0.393 e. The molecule has 0 radical (unpaired) electrons. The van der Waals surface area contributed by atoms with Crippen molar-refractivity contribution in [3.63, 3.8) is 0 Å². The molecule has 1 saturated carbocycles. The van der Waals surface area contributed by atoms with Crippen LogP contribution in [0.25, 0.3) is 10.9 Å². The number of aliphatic hydroxyl groups is 1. The number of nitrogens with zero attached hydrogens (tertiary/aromatic N) is 2. The van der Waals surface area contributed by atoms with Gasteiger partial charge in [-0.3, -0.25) is 9.69 Å². The molecule has 1 aromatic heterocycles. The first-order valence-electron chi connectivity index (χ1n) is 12.4. The minimum absolute atomic E-state index is 0.0412. The molecule has 31 heavy (non-hydrogen) atoms. The molecule has 1 aliphatic heterocycles. The number of amides is 1. The Kier molecular flexibility index (Phi) is 5.82. The number of likely N-dealkylation sites (tertiary alicyclic amines) is 1. The molecule has 5 heteroatoms. The molecule has 5 atom stereocenters. The smallest absolute Gasteiger partial charge is 0.224 e. The first-order chi connectivity index (χ1) is 15.1. The Hall–Kier alpha value is -1.85. The van der Waals surface area contributed by atoms with Crippen LogP contribution in [0.5, 0.6) is 0 Å². The van der Waals surface area contributed by atoms with E-state index in [0.717, 1.165) is 64.6 Å². The maximum absolute atomic E-state index is 13.3. The molecule has 1 amide bonds. The number of likely N-dealkylation sites (N-methyl/N-ethyl adjacent to an activating group) is 1. The Balaban J connectivity index is 1.39. The highest BCUT2D eigenvalue weighted by atomic mass is 16.3. The highest BCUT2D eigenvalue weighted by Crippen LogP contribution is 2.45. The molecular weight excluding hydrogens is 386 g/mol. The Labute approximate surface area is 185 Å². The number of piperidine rings is 1. The van der Waals surface area contributed by atoms with Gasteiger partial charge in [0.1, 0.15) is 0 Å². The van der Waals surface area contributed by atoms with Crippen LogP contribution < -0.4 is 5.32 Å². The molecule has 0 spiro atoms. The van der Waals surface area contributed by atoms with Crippen LogP contribution in [0.3, 0.4) is 0 Å². The highest BCUT2D eigenvalue weighted by molar-refractivity contribution is 5.89. The SMILES string of the molecule is CCN1C[C@H](C(=O)NC2CCCC(O)CC2)C[C@H]2c3cccc4c3c(cn4CC)C[C@H]21. The third kappa shape index (κ3) is 3.80. The minimum atomic E-state index is -0.194. The number of aliphatic hydroxyl groups excluding tert-OH is 1. The zero-order chi connectivity index (χ0) is 21.5. The summed E-state index contributed by atoms with van der Waals surface area (Å²) >= 11 is 0. The predicted octanol–water partition coefficient (Wildman–Crippen LogP) is 3.82. The van der Waals surface area contributed by atoms with Gasteiger partial charge in [-0.25, -0.2) is 0 Å². The molecular formula is C26H37N3O2. The quantitative estimate of drug-likeness (QED) is 0.735. The fraction of sp³-hybridized carbons (Fsp3) is 0.654. The van der Waals surface area contributed by atoms with Crippen LogP contribution >= 0.6 is 0 Å². The molecule has 0 bridgehead atoms. The Morgan fingerprint density at radius 3 is 2.84 bits per heavy atom. The predicted molar refractivity (Wildman–Crippen MR) is 124 cm³/mol. The van der Waals surface area contributed by atoms with Crippen molar-refractivity contribution in [2.24, 2.45) is 5.92 Å². The summed E-state index contributed by atoms with van der Waals surface area (Å²) in [6, 6.07) is 7.47. The molecule has 2 N–H and O–H groups in total. The number of benzene rings is 1. The summed E-state index contributed by atoms with van der Waals surface area (Å²) in [6.07, 6.45) is 8.77. The second-order valence-corrected chi connectivity index (χ2v) is 9.95. The van der Waals surface area contributed by atoms with Crippen molar-refractivity contribution in [1.29, 1.82) is 0 Å². The monoisotopic (exact) mass is 423 g/mol. The van der Waals surface area contributed by atoms with E-state index in [1.807, 2.05) is 0 Å². The first kappa shape index (κ1) is 21.0. The summed E-state index contributed by atoms with van der Waals surface area (Å²) < 4.78 is 2.38. The highest BCUT2D eigenvalue weighted by Gasteiger charge is 2.42. The molecule has 1 aromatic carbocycles. The zero-order valence-electron chi connectivity index (χ0n) is 19.0. The third-order valence-electron chi connectivity index (χ3n) is 8.17. The summed E-state index contributed by atoms with van der Waals surface area (Å²) in [5.74, 6) is 0.686. The lowest BCUT2D eigenvalue weighted by Crippen LogP contribution is -2.53. The maximum atomic E-state index is 13.3. The van der Waals surface area contributed by atoms with Crippen LogP contribution in [-0.4, -0.2) is 51.8 Å². The lowest BCUT2D eigenvalue weighted by Gasteiger charge is -2.46. The van der Waals surface area contributed by atoms with Crippen LogP contribution in [-0.2, 0) is 17.8 Å². The second kappa shape index (κ2) is 8.59. The number of carbonyl (C=O) groups excluding carboxylic acids is 1. The van der Waals surface area contributed by atoms with Crippen LogP contribution in [0.1, 0.15) is 69.4 Å².